The van der Waals surface area contributed by atoms with Gasteiger partial charge in [0.25, 0.3) is 0 Å². The predicted molar refractivity (Wildman–Crippen MR) is 117 cm³/mol. The van der Waals surface area contributed by atoms with E-state index in [1.807, 2.05) is 31.2 Å². The number of aryl methyl sites for hydroxylation is 1. The van der Waals surface area contributed by atoms with Crippen molar-refractivity contribution in [3.8, 4) is 0 Å². The van der Waals surface area contributed by atoms with Crippen molar-refractivity contribution in [1.29, 1.82) is 0 Å². The largest absolute Gasteiger partial charge is 0.430 e. The summed E-state index contributed by atoms with van der Waals surface area (Å²) in [6.45, 7) is 5.30. The van der Waals surface area contributed by atoms with Crippen LogP contribution in [0.4, 0.5) is 0 Å². The fourth-order valence-corrected chi connectivity index (χ4v) is 7.30. The van der Waals surface area contributed by atoms with E-state index < -0.39 is 46.2 Å². The van der Waals surface area contributed by atoms with Crippen LogP contribution in [0.15, 0.2) is 28.7 Å². The maximum Gasteiger partial charge on any atom is 0.308 e. The van der Waals surface area contributed by atoms with Gasteiger partial charge in [-0.25, -0.2) is 0 Å². The van der Waals surface area contributed by atoms with Crippen LogP contribution >= 0.6 is 15.9 Å². The van der Waals surface area contributed by atoms with Gasteiger partial charge in [-0.05, 0) is 49.8 Å². The van der Waals surface area contributed by atoms with E-state index in [0.29, 0.717) is 19.3 Å². The van der Waals surface area contributed by atoms with Crippen molar-refractivity contribution >= 4 is 21.9 Å². The van der Waals surface area contributed by atoms with Gasteiger partial charge in [0.15, 0.2) is 6.29 Å². The molecule has 2 saturated carbocycles. The molecule has 0 radical (unpaired) electrons. The maximum absolute atomic E-state index is 13.0. The van der Waals surface area contributed by atoms with Crippen molar-refractivity contribution < 1.29 is 34.3 Å². The quantitative estimate of drug-likeness (QED) is 0.534. The number of hydrogen-bond acceptors (Lipinski definition) is 7. The number of hydrogen-bond donors (Lipinski definition) is 3. The number of carbonyl (C=O) groups excluding carboxylic acids is 1. The Kier molecular flexibility index (Phi) is 4.97. The third kappa shape index (κ3) is 2.57. The first-order valence-corrected chi connectivity index (χ1v) is 12.1. The third-order valence-corrected chi connectivity index (χ3v) is 9.81. The lowest BCUT2D eigenvalue weighted by atomic mass is 9.43. The topological polar surface area (TPSA) is 105 Å². The van der Waals surface area contributed by atoms with Gasteiger partial charge >= 0.3 is 5.97 Å². The fraction of sp³-hybridized carbons (Fsp3) is 0.708. The average Bonchev–Trinajstić information content (AvgIpc) is 2.95. The molecular weight excluding hydrogens is 480 g/mol. The van der Waals surface area contributed by atoms with E-state index in [1.165, 1.54) is 0 Å². The Hall–Kier alpha value is -1.03. The minimum Gasteiger partial charge on any atom is -0.430 e. The molecule has 32 heavy (non-hydrogen) atoms. The molecule has 5 aliphatic rings. The Morgan fingerprint density at radius 2 is 1.94 bits per heavy atom. The molecule has 3 aliphatic heterocycles. The van der Waals surface area contributed by atoms with Gasteiger partial charge in [0.2, 0.25) is 5.79 Å². The first-order chi connectivity index (χ1) is 14.9. The smallest absolute Gasteiger partial charge is 0.308 e. The summed E-state index contributed by atoms with van der Waals surface area (Å²) in [4.78, 5) is 13.0. The number of fused-ring (bicyclic) bond motifs is 1. The van der Waals surface area contributed by atoms with Crippen LogP contribution in [0.5, 0.6) is 0 Å². The second-order valence-corrected chi connectivity index (χ2v) is 11.4. The summed E-state index contributed by atoms with van der Waals surface area (Å²) >= 11 is 3.40. The number of aliphatic hydroxyl groups is 3. The van der Waals surface area contributed by atoms with Gasteiger partial charge in [-0.2, -0.15) is 0 Å². The highest BCUT2D eigenvalue weighted by molar-refractivity contribution is 9.10. The molecule has 1 aromatic rings. The lowest BCUT2D eigenvalue weighted by Crippen LogP contribution is -2.83. The molecule has 1 spiro atoms. The summed E-state index contributed by atoms with van der Waals surface area (Å²) in [6, 6.07) is 7.70. The van der Waals surface area contributed by atoms with Gasteiger partial charge in [-0.3, -0.25) is 4.79 Å². The number of aliphatic hydroxyl groups excluding tert-OH is 1. The van der Waals surface area contributed by atoms with Crippen LogP contribution in [0.3, 0.4) is 0 Å². The van der Waals surface area contributed by atoms with E-state index in [2.05, 4.69) is 15.9 Å². The van der Waals surface area contributed by atoms with Gasteiger partial charge in [-0.1, -0.05) is 41.9 Å². The van der Waals surface area contributed by atoms with Gasteiger partial charge in [-0.15, -0.1) is 0 Å². The standard InChI is InChI=1S/C24H31BrO7/c1-14-10-11-23(29)20(2)13-30-19-18(27)22(14,23)12-24(32-19,21(20,3)28)31-17(26)9-6-15-4-7-16(25)8-5-15/h4-5,7-8,14,18-19,27-29H,6,9-13H2,1-3H3/t14-,18+,19?,20+,21-,22-,23+,24-/m1/s1. The van der Waals surface area contributed by atoms with Crippen LogP contribution < -0.4 is 0 Å². The van der Waals surface area contributed by atoms with Crippen molar-refractivity contribution in [2.45, 2.75) is 82.3 Å². The molecule has 4 bridgehead atoms. The van der Waals surface area contributed by atoms with E-state index in [-0.39, 0.29) is 25.4 Å². The van der Waals surface area contributed by atoms with Crippen molar-refractivity contribution in [2.75, 3.05) is 6.61 Å². The normalized spacial score (nSPS) is 49.0. The molecule has 1 aromatic carbocycles. The van der Waals surface area contributed by atoms with E-state index in [0.717, 1.165) is 10.0 Å². The van der Waals surface area contributed by atoms with Crippen LogP contribution in [0.2, 0.25) is 0 Å². The lowest BCUT2D eigenvalue weighted by molar-refractivity contribution is -0.447. The Morgan fingerprint density at radius 1 is 1.25 bits per heavy atom. The number of halogens is 1. The molecule has 3 saturated heterocycles. The lowest BCUT2D eigenvalue weighted by Gasteiger charge is -2.69. The summed E-state index contributed by atoms with van der Waals surface area (Å²) in [5, 5.41) is 35.2. The Balaban J connectivity index is 1.49. The molecule has 7 nitrogen and oxygen atoms in total. The second-order valence-electron chi connectivity index (χ2n) is 10.5. The minimum atomic E-state index is -1.73. The zero-order valence-corrected chi connectivity index (χ0v) is 20.2. The highest BCUT2D eigenvalue weighted by atomic mass is 79.9. The van der Waals surface area contributed by atoms with E-state index in [9.17, 15) is 20.1 Å². The van der Waals surface area contributed by atoms with Crippen LogP contribution in [-0.4, -0.2) is 57.3 Å². The van der Waals surface area contributed by atoms with E-state index in [4.69, 9.17) is 14.2 Å². The Bertz CT molecular complexity index is 935. The first-order valence-electron chi connectivity index (χ1n) is 11.3. The zero-order valence-electron chi connectivity index (χ0n) is 18.6. The number of carbonyl (C=O) groups is 1. The monoisotopic (exact) mass is 510 g/mol. The number of benzene rings is 1. The van der Waals surface area contributed by atoms with Crippen LogP contribution in [-0.2, 0) is 25.4 Å². The fourth-order valence-electron chi connectivity index (χ4n) is 7.03. The Morgan fingerprint density at radius 3 is 2.62 bits per heavy atom. The zero-order chi connectivity index (χ0) is 23.2. The predicted octanol–water partition coefficient (Wildman–Crippen LogP) is 2.68. The summed E-state index contributed by atoms with van der Waals surface area (Å²) in [5.41, 5.74) is -4.33. The summed E-state index contributed by atoms with van der Waals surface area (Å²) < 4.78 is 18.9. The van der Waals surface area contributed by atoms with Crippen molar-refractivity contribution in [3.63, 3.8) is 0 Å². The van der Waals surface area contributed by atoms with Gasteiger partial charge < -0.3 is 29.5 Å². The van der Waals surface area contributed by atoms with Crippen molar-refractivity contribution in [3.05, 3.63) is 34.3 Å². The molecular formula is C24H31BrO7. The van der Waals surface area contributed by atoms with Crippen LogP contribution in [0.25, 0.3) is 0 Å². The minimum absolute atomic E-state index is 0.00904. The van der Waals surface area contributed by atoms with Gasteiger partial charge in [0.1, 0.15) is 11.7 Å². The molecule has 176 valence electrons. The molecule has 3 N–H and O–H groups in total. The maximum atomic E-state index is 13.0. The van der Waals surface area contributed by atoms with Crippen molar-refractivity contribution in [1.82, 2.24) is 0 Å². The average molecular weight is 511 g/mol. The summed E-state index contributed by atoms with van der Waals surface area (Å²) in [7, 11) is 0. The molecule has 8 heteroatoms. The summed E-state index contributed by atoms with van der Waals surface area (Å²) in [6.07, 6.45) is -0.439. The highest BCUT2D eigenvalue weighted by Crippen LogP contribution is 2.74. The molecule has 1 unspecified atom stereocenters. The first kappa shape index (κ1) is 22.7. The van der Waals surface area contributed by atoms with E-state index in [1.54, 1.807) is 13.8 Å². The molecule has 6 rings (SSSR count). The SMILES string of the molecule is C[C@@H]1CC[C@@]2(O)[C@]13C[C@@]1(OC(=O)CCc4ccc(Br)cc4)OC(OC[C@@]2(C)[C@@]1(C)O)[C@@H]3O. The molecule has 0 aromatic heterocycles. The van der Waals surface area contributed by atoms with Crippen LogP contribution in [0, 0.1) is 16.7 Å². The van der Waals surface area contributed by atoms with E-state index >= 15 is 0 Å². The number of esters is 1. The molecule has 5 fully saturated rings. The second kappa shape index (κ2) is 6.99. The summed E-state index contributed by atoms with van der Waals surface area (Å²) in [5.74, 6) is -2.28. The Labute approximate surface area is 196 Å². The molecule has 2 aliphatic carbocycles. The number of ether oxygens (including phenoxy) is 3. The van der Waals surface area contributed by atoms with Gasteiger partial charge in [0.05, 0.1) is 17.6 Å². The van der Waals surface area contributed by atoms with Gasteiger partial charge in [0, 0.05) is 22.7 Å². The third-order valence-electron chi connectivity index (χ3n) is 9.28. The number of rotatable bonds is 4. The van der Waals surface area contributed by atoms with Crippen LogP contribution in [0.1, 0.15) is 52.0 Å². The molecule has 3 heterocycles. The molecule has 0 amide bonds. The molecule has 8 atom stereocenters. The van der Waals surface area contributed by atoms with Crippen molar-refractivity contribution in [2.24, 2.45) is 16.7 Å². The highest BCUT2D eigenvalue weighted by Gasteiger charge is 2.86.